The van der Waals surface area contributed by atoms with Crippen molar-refractivity contribution in [2.75, 3.05) is 13.2 Å². The first-order chi connectivity index (χ1) is 12.5. The number of nitrogens with zero attached hydrogens (tertiary/aromatic N) is 2. The van der Waals surface area contributed by atoms with Crippen molar-refractivity contribution in [2.45, 2.75) is 31.8 Å². The van der Waals surface area contributed by atoms with Gasteiger partial charge in [0, 0.05) is 23.0 Å². The summed E-state index contributed by atoms with van der Waals surface area (Å²) in [7, 11) is 0. The van der Waals surface area contributed by atoms with Gasteiger partial charge in [-0.25, -0.2) is 9.69 Å². The average Bonchev–Trinajstić information content (AvgIpc) is 3.19. The zero-order valence-electron chi connectivity index (χ0n) is 14.5. The highest BCUT2D eigenvalue weighted by molar-refractivity contribution is 7.10. The van der Waals surface area contributed by atoms with Gasteiger partial charge < -0.3 is 5.32 Å². The third-order valence-electron chi connectivity index (χ3n) is 5.25. The lowest BCUT2D eigenvalue weighted by Gasteiger charge is -2.30. The summed E-state index contributed by atoms with van der Waals surface area (Å²) in [5.74, 6) is -0.205. The number of fused-ring (bicyclic) bond motifs is 1. The Morgan fingerprint density at radius 3 is 2.92 bits per heavy atom. The number of benzene rings is 1. The smallest absolute Gasteiger partial charge is 0.319 e. The first kappa shape index (κ1) is 17.5. The molecule has 1 aromatic heterocycles. The first-order valence-corrected chi connectivity index (χ1v) is 9.97. The van der Waals surface area contributed by atoms with Crippen LogP contribution in [0, 0.1) is 0 Å². The maximum Gasteiger partial charge on any atom is 0.326 e. The zero-order chi connectivity index (χ0) is 18.3. The van der Waals surface area contributed by atoms with Gasteiger partial charge in [-0.15, -0.1) is 11.3 Å². The second kappa shape index (κ2) is 6.68. The van der Waals surface area contributed by atoms with Crippen molar-refractivity contribution in [3.8, 4) is 0 Å². The third kappa shape index (κ3) is 2.82. The number of thiophene rings is 1. The van der Waals surface area contributed by atoms with Crippen molar-refractivity contribution in [2.24, 2.45) is 0 Å². The van der Waals surface area contributed by atoms with Gasteiger partial charge >= 0.3 is 6.03 Å². The lowest BCUT2D eigenvalue weighted by Crippen LogP contribution is -2.46. The van der Waals surface area contributed by atoms with Crippen molar-refractivity contribution < 1.29 is 9.59 Å². The van der Waals surface area contributed by atoms with E-state index < -0.39 is 5.54 Å². The van der Waals surface area contributed by atoms with Crippen molar-refractivity contribution in [1.29, 1.82) is 0 Å². The number of carbonyl (C=O) groups excluding carboxylic acids is 2. The number of amides is 3. The van der Waals surface area contributed by atoms with Crippen LogP contribution < -0.4 is 5.32 Å². The van der Waals surface area contributed by atoms with Gasteiger partial charge in [-0.3, -0.25) is 9.69 Å². The van der Waals surface area contributed by atoms with Gasteiger partial charge in [0.1, 0.15) is 5.54 Å². The summed E-state index contributed by atoms with van der Waals surface area (Å²) >= 11 is 7.88. The fourth-order valence-corrected chi connectivity index (χ4v) is 4.86. The number of halogens is 1. The third-order valence-corrected chi connectivity index (χ3v) is 6.51. The lowest BCUT2D eigenvalue weighted by molar-refractivity contribution is -0.133. The molecule has 0 radical (unpaired) electrons. The predicted octanol–water partition coefficient (Wildman–Crippen LogP) is 3.57. The van der Waals surface area contributed by atoms with E-state index in [1.165, 1.54) is 15.3 Å². The molecule has 2 aliphatic rings. The molecule has 0 spiro atoms. The maximum atomic E-state index is 13.2. The molecule has 0 saturated carbocycles. The normalized spacial score (nSPS) is 23.2. The second-order valence-electron chi connectivity index (χ2n) is 6.75. The molecule has 7 heteroatoms. The largest absolute Gasteiger partial charge is 0.326 e. The van der Waals surface area contributed by atoms with E-state index in [9.17, 15) is 9.59 Å². The van der Waals surface area contributed by atoms with Crippen LogP contribution in [-0.4, -0.2) is 35.0 Å². The maximum absolute atomic E-state index is 13.2. The van der Waals surface area contributed by atoms with Crippen LogP contribution in [0.4, 0.5) is 4.79 Å². The van der Waals surface area contributed by atoms with Crippen LogP contribution in [0.2, 0.25) is 5.02 Å². The molecule has 1 aromatic carbocycles. The summed E-state index contributed by atoms with van der Waals surface area (Å²) in [6.07, 6.45) is 1.44. The van der Waals surface area contributed by atoms with Crippen LogP contribution in [-0.2, 0) is 23.3 Å². The summed E-state index contributed by atoms with van der Waals surface area (Å²) in [5, 5.41) is 5.57. The molecule has 0 bridgehead atoms. The fourth-order valence-electron chi connectivity index (χ4n) is 3.78. The average molecular weight is 390 g/mol. The molecular formula is C19H20ClN3O2S. The van der Waals surface area contributed by atoms with Gasteiger partial charge in [0.25, 0.3) is 5.91 Å². The zero-order valence-corrected chi connectivity index (χ0v) is 16.1. The summed E-state index contributed by atoms with van der Waals surface area (Å²) in [6.45, 7) is 3.83. The summed E-state index contributed by atoms with van der Waals surface area (Å²) in [5.41, 5.74) is 0.989. The van der Waals surface area contributed by atoms with Gasteiger partial charge in [0.15, 0.2) is 0 Å². The molecule has 1 N–H and O–H groups in total. The van der Waals surface area contributed by atoms with E-state index >= 15 is 0 Å². The molecular weight excluding hydrogens is 370 g/mol. The van der Waals surface area contributed by atoms with E-state index in [-0.39, 0.29) is 11.9 Å². The Morgan fingerprint density at radius 1 is 1.31 bits per heavy atom. The molecule has 1 atom stereocenters. The molecule has 0 aliphatic carbocycles. The molecule has 0 unspecified atom stereocenters. The van der Waals surface area contributed by atoms with Crippen LogP contribution in [0.1, 0.15) is 29.3 Å². The van der Waals surface area contributed by atoms with E-state index in [1.807, 2.05) is 13.0 Å². The van der Waals surface area contributed by atoms with Gasteiger partial charge in [-0.05, 0) is 47.5 Å². The van der Waals surface area contributed by atoms with Gasteiger partial charge in [-0.2, -0.15) is 0 Å². The van der Waals surface area contributed by atoms with E-state index in [2.05, 4.69) is 21.7 Å². The minimum absolute atomic E-state index is 0.205. The predicted molar refractivity (Wildman–Crippen MR) is 102 cm³/mol. The van der Waals surface area contributed by atoms with Crippen LogP contribution in [0.5, 0.6) is 0 Å². The van der Waals surface area contributed by atoms with Crippen LogP contribution in [0.15, 0.2) is 35.7 Å². The first-order valence-electron chi connectivity index (χ1n) is 8.71. The molecule has 4 rings (SSSR count). The number of carbonyl (C=O) groups is 2. The van der Waals surface area contributed by atoms with E-state index in [4.69, 9.17) is 11.6 Å². The van der Waals surface area contributed by atoms with Crippen molar-refractivity contribution in [3.63, 3.8) is 0 Å². The van der Waals surface area contributed by atoms with Crippen molar-refractivity contribution in [1.82, 2.24) is 15.1 Å². The second-order valence-corrected chi connectivity index (χ2v) is 8.18. The van der Waals surface area contributed by atoms with Crippen LogP contribution >= 0.6 is 22.9 Å². The molecule has 26 heavy (non-hydrogen) atoms. The highest BCUT2D eigenvalue weighted by atomic mass is 35.5. The Hall–Kier alpha value is -1.89. The highest BCUT2D eigenvalue weighted by Gasteiger charge is 2.51. The van der Waals surface area contributed by atoms with Gasteiger partial charge in [0.2, 0.25) is 0 Å². The number of rotatable bonds is 4. The number of hydrogen-bond acceptors (Lipinski definition) is 4. The Morgan fingerprint density at radius 2 is 2.15 bits per heavy atom. The molecule has 1 fully saturated rings. The van der Waals surface area contributed by atoms with Gasteiger partial charge in [0.05, 0.1) is 6.67 Å². The monoisotopic (exact) mass is 389 g/mol. The number of imide groups is 1. The number of hydrogen-bond donors (Lipinski definition) is 1. The minimum atomic E-state index is -1.04. The van der Waals surface area contributed by atoms with Crippen molar-refractivity contribution >= 4 is 34.9 Å². The molecule has 3 heterocycles. The lowest BCUT2D eigenvalue weighted by atomic mass is 9.87. The number of urea groups is 1. The molecule has 1 saturated heterocycles. The summed E-state index contributed by atoms with van der Waals surface area (Å²) in [4.78, 5) is 30.7. The van der Waals surface area contributed by atoms with Crippen molar-refractivity contribution in [3.05, 3.63) is 56.7 Å². The van der Waals surface area contributed by atoms with E-state index in [1.54, 1.807) is 29.5 Å². The topological polar surface area (TPSA) is 52.7 Å². The molecule has 136 valence electrons. The quantitative estimate of drug-likeness (QED) is 0.813. The van der Waals surface area contributed by atoms with E-state index in [0.29, 0.717) is 18.1 Å². The molecule has 2 aliphatic heterocycles. The Balaban J connectivity index is 1.57. The minimum Gasteiger partial charge on any atom is -0.319 e. The Bertz CT molecular complexity index is 868. The Labute approximate surface area is 161 Å². The molecule has 2 aromatic rings. The summed E-state index contributed by atoms with van der Waals surface area (Å²) < 4.78 is 0. The van der Waals surface area contributed by atoms with Crippen LogP contribution in [0.25, 0.3) is 0 Å². The molecule has 3 amide bonds. The SMILES string of the molecule is CC[C@]1(c2cccc(Cl)c2)NC(=O)N(CN2CCc3sccc3C2)C1=O. The number of nitrogens with one attached hydrogen (secondary N) is 1. The van der Waals surface area contributed by atoms with Gasteiger partial charge in [-0.1, -0.05) is 30.7 Å². The van der Waals surface area contributed by atoms with Crippen LogP contribution in [0.3, 0.4) is 0 Å². The standard InChI is InChI=1S/C19H20ClN3O2S/c1-2-19(14-4-3-5-15(20)10-14)17(24)23(18(25)21-19)12-22-8-6-16-13(11-22)7-9-26-16/h3-5,7,9-10H,2,6,8,11-12H2,1H3,(H,21,25)/t19-/m1/s1. The van der Waals surface area contributed by atoms with E-state index in [0.717, 1.165) is 25.1 Å². The Kier molecular flexibility index (Phi) is 4.50. The summed E-state index contributed by atoms with van der Waals surface area (Å²) in [6, 6.07) is 8.95. The highest BCUT2D eigenvalue weighted by Crippen LogP contribution is 2.34. The molecule has 5 nitrogen and oxygen atoms in total. The fraction of sp³-hybridized carbons (Fsp3) is 0.368.